The van der Waals surface area contributed by atoms with Gasteiger partial charge in [0.2, 0.25) is 0 Å². The lowest BCUT2D eigenvalue weighted by Crippen LogP contribution is -2.00. The van der Waals surface area contributed by atoms with Crippen molar-refractivity contribution in [2.75, 3.05) is 14.2 Å². The number of rotatable bonds is 4. The molecule has 2 aromatic carbocycles. The first kappa shape index (κ1) is 13.9. The molecule has 0 aliphatic heterocycles. The number of carbonyl (C=O) groups is 1. The van der Waals surface area contributed by atoms with E-state index in [1.54, 1.807) is 18.2 Å². The van der Waals surface area contributed by atoms with Crippen LogP contribution in [0.5, 0.6) is 11.5 Å². The van der Waals surface area contributed by atoms with E-state index >= 15 is 0 Å². The topological polar surface area (TPSA) is 55.8 Å². The Hall–Kier alpha value is -2.56. The highest BCUT2D eigenvalue weighted by Gasteiger charge is 2.12. The van der Waals surface area contributed by atoms with E-state index in [4.69, 9.17) is 14.6 Å². The molecule has 0 spiro atoms. The molecule has 0 bridgehead atoms. The van der Waals surface area contributed by atoms with Crippen molar-refractivity contribution >= 4 is 5.97 Å². The molecule has 0 saturated carbocycles. The summed E-state index contributed by atoms with van der Waals surface area (Å²) < 4.78 is 23.7. The summed E-state index contributed by atoms with van der Waals surface area (Å²) >= 11 is 0. The fraction of sp³-hybridized carbons (Fsp3) is 0.133. The number of carboxylic acid groups (broad SMARTS) is 1. The molecule has 4 nitrogen and oxygen atoms in total. The second-order valence-electron chi connectivity index (χ2n) is 4.10. The molecule has 0 radical (unpaired) electrons. The number of hydrogen-bond donors (Lipinski definition) is 1. The second kappa shape index (κ2) is 5.61. The third-order valence-corrected chi connectivity index (χ3v) is 2.88. The van der Waals surface area contributed by atoms with E-state index in [9.17, 15) is 9.18 Å². The van der Waals surface area contributed by atoms with Crippen LogP contribution in [-0.2, 0) is 0 Å². The van der Waals surface area contributed by atoms with Crippen LogP contribution < -0.4 is 9.47 Å². The zero-order valence-corrected chi connectivity index (χ0v) is 11.0. The molecule has 20 heavy (non-hydrogen) atoms. The highest BCUT2D eigenvalue weighted by Crippen LogP contribution is 2.30. The Morgan fingerprint density at radius 2 is 1.60 bits per heavy atom. The molecule has 1 N–H and O–H groups in total. The van der Waals surface area contributed by atoms with Gasteiger partial charge in [0, 0.05) is 6.07 Å². The largest absolute Gasteiger partial charge is 0.497 e. The van der Waals surface area contributed by atoms with Crippen molar-refractivity contribution in [2.24, 2.45) is 0 Å². The fourth-order valence-corrected chi connectivity index (χ4v) is 1.84. The number of halogens is 1. The SMILES string of the molecule is COc1cc(OC)cc(-c2ccc(F)c(C(=O)O)c2)c1. The van der Waals surface area contributed by atoms with Crippen molar-refractivity contribution in [3.05, 3.63) is 47.8 Å². The molecule has 5 heteroatoms. The van der Waals surface area contributed by atoms with E-state index in [1.165, 1.54) is 26.4 Å². The van der Waals surface area contributed by atoms with Crippen molar-refractivity contribution in [3.63, 3.8) is 0 Å². The Kier molecular flexibility index (Phi) is 3.89. The highest BCUT2D eigenvalue weighted by molar-refractivity contribution is 5.89. The first-order valence-corrected chi connectivity index (χ1v) is 5.81. The predicted molar refractivity (Wildman–Crippen MR) is 71.9 cm³/mol. The van der Waals surface area contributed by atoms with Gasteiger partial charge in [0.25, 0.3) is 0 Å². The summed E-state index contributed by atoms with van der Waals surface area (Å²) in [6, 6.07) is 9.07. The number of methoxy groups -OCH3 is 2. The average molecular weight is 276 g/mol. The number of hydrogen-bond acceptors (Lipinski definition) is 3. The van der Waals surface area contributed by atoms with Gasteiger partial charge in [-0.1, -0.05) is 6.07 Å². The van der Waals surface area contributed by atoms with Crippen LogP contribution in [0.3, 0.4) is 0 Å². The zero-order chi connectivity index (χ0) is 14.7. The molecule has 0 aliphatic rings. The molecule has 0 amide bonds. The minimum atomic E-state index is -1.31. The lowest BCUT2D eigenvalue weighted by molar-refractivity contribution is 0.0692. The van der Waals surface area contributed by atoms with Gasteiger partial charge in [-0.25, -0.2) is 9.18 Å². The molecule has 0 atom stereocenters. The summed E-state index contributed by atoms with van der Waals surface area (Å²) in [7, 11) is 3.04. The van der Waals surface area contributed by atoms with Crippen LogP contribution in [0.25, 0.3) is 11.1 Å². The number of aromatic carboxylic acids is 1. The van der Waals surface area contributed by atoms with Gasteiger partial charge in [0.1, 0.15) is 17.3 Å². The summed E-state index contributed by atoms with van der Waals surface area (Å²) in [4.78, 5) is 11.0. The smallest absolute Gasteiger partial charge is 0.338 e. The molecule has 0 aliphatic carbocycles. The first-order chi connectivity index (χ1) is 9.55. The van der Waals surface area contributed by atoms with E-state index < -0.39 is 11.8 Å². The lowest BCUT2D eigenvalue weighted by atomic mass is 10.0. The minimum absolute atomic E-state index is 0.371. The molecule has 2 rings (SSSR count). The standard InChI is InChI=1S/C15H13FO4/c1-19-11-5-10(6-12(8-11)20-2)9-3-4-14(16)13(7-9)15(17)18/h3-8H,1-2H3,(H,17,18). The van der Waals surface area contributed by atoms with Gasteiger partial charge in [-0.2, -0.15) is 0 Å². The maximum atomic E-state index is 13.4. The monoisotopic (exact) mass is 276 g/mol. The van der Waals surface area contributed by atoms with Gasteiger partial charge >= 0.3 is 5.97 Å². The van der Waals surface area contributed by atoms with Crippen molar-refractivity contribution in [2.45, 2.75) is 0 Å². The minimum Gasteiger partial charge on any atom is -0.497 e. The van der Waals surface area contributed by atoms with Crippen LogP contribution in [0.2, 0.25) is 0 Å². The maximum Gasteiger partial charge on any atom is 0.338 e. The van der Waals surface area contributed by atoms with Crippen LogP contribution in [0.1, 0.15) is 10.4 Å². The van der Waals surface area contributed by atoms with Crippen LogP contribution in [0, 0.1) is 5.82 Å². The van der Waals surface area contributed by atoms with Gasteiger partial charge in [0.05, 0.1) is 19.8 Å². The van der Waals surface area contributed by atoms with Crippen LogP contribution in [-0.4, -0.2) is 25.3 Å². The van der Waals surface area contributed by atoms with Crippen LogP contribution in [0.15, 0.2) is 36.4 Å². The molecule has 0 fully saturated rings. The van der Waals surface area contributed by atoms with E-state index in [2.05, 4.69) is 0 Å². The maximum absolute atomic E-state index is 13.4. The van der Waals surface area contributed by atoms with E-state index in [0.717, 1.165) is 6.07 Å². The molecule has 0 unspecified atom stereocenters. The summed E-state index contributed by atoms with van der Waals surface area (Å²) in [5.41, 5.74) is 0.883. The normalized spacial score (nSPS) is 10.2. The number of carboxylic acids is 1. The fourth-order valence-electron chi connectivity index (χ4n) is 1.84. The molecule has 104 valence electrons. The van der Waals surface area contributed by atoms with E-state index in [0.29, 0.717) is 22.6 Å². The summed E-state index contributed by atoms with van der Waals surface area (Å²) in [6.07, 6.45) is 0. The Morgan fingerprint density at radius 1 is 1.00 bits per heavy atom. The van der Waals surface area contributed by atoms with Gasteiger partial charge in [0.15, 0.2) is 0 Å². The van der Waals surface area contributed by atoms with Crippen LogP contribution in [0.4, 0.5) is 4.39 Å². The summed E-state index contributed by atoms with van der Waals surface area (Å²) in [5.74, 6) is -0.934. The molecule has 0 heterocycles. The molecule has 0 saturated heterocycles. The van der Waals surface area contributed by atoms with Gasteiger partial charge < -0.3 is 14.6 Å². The van der Waals surface area contributed by atoms with Crippen LogP contribution >= 0.6 is 0 Å². The lowest BCUT2D eigenvalue weighted by Gasteiger charge is -2.09. The third kappa shape index (κ3) is 2.71. The second-order valence-corrected chi connectivity index (χ2v) is 4.10. The molecular weight excluding hydrogens is 263 g/mol. The Balaban J connectivity index is 2.56. The average Bonchev–Trinajstić information content (AvgIpc) is 2.46. The summed E-state index contributed by atoms with van der Waals surface area (Å²) in [6.45, 7) is 0. The van der Waals surface area contributed by atoms with Crippen molar-refractivity contribution in [3.8, 4) is 22.6 Å². The zero-order valence-electron chi connectivity index (χ0n) is 11.0. The summed E-state index contributed by atoms with van der Waals surface area (Å²) in [5, 5.41) is 8.95. The van der Waals surface area contributed by atoms with E-state index in [-0.39, 0.29) is 5.56 Å². The number of benzene rings is 2. The predicted octanol–water partition coefficient (Wildman–Crippen LogP) is 3.21. The van der Waals surface area contributed by atoms with E-state index in [1.807, 2.05) is 0 Å². The Bertz CT molecular complexity index is 630. The van der Waals surface area contributed by atoms with Gasteiger partial charge in [-0.05, 0) is 35.4 Å². The Morgan fingerprint density at radius 3 is 2.10 bits per heavy atom. The third-order valence-electron chi connectivity index (χ3n) is 2.88. The van der Waals surface area contributed by atoms with Crippen molar-refractivity contribution < 1.29 is 23.8 Å². The molecule has 2 aromatic rings. The molecular formula is C15H13FO4. The highest BCUT2D eigenvalue weighted by atomic mass is 19.1. The Labute approximate surface area is 115 Å². The van der Waals surface area contributed by atoms with Crippen molar-refractivity contribution in [1.82, 2.24) is 0 Å². The van der Waals surface area contributed by atoms with Gasteiger partial charge in [-0.15, -0.1) is 0 Å². The van der Waals surface area contributed by atoms with Crippen molar-refractivity contribution in [1.29, 1.82) is 0 Å². The first-order valence-electron chi connectivity index (χ1n) is 5.81. The number of ether oxygens (including phenoxy) is 2. The molecule has 0 aromatic heterocycles. The van der Waals surface area contributed by atoms with Gasteiger partial charge in [-0.3, -0.25) is 0 Å². The quantitative estimate of drug-likeness (QED) is 0.931.